The first-order valence-corrected chi connectivity index (χ1v) is 4.08. The number of rotatable bonds is 2. The molecule has 2 aromatic heterocycles. The molecule has 0 bridgehead atoms. The summed E-state index contributed by atoms with van der Waals surface area (Å²) in [5, 5.41) is 4.27. The van der Waals surface area contributed by atoms with E-state index in [1.165, 1.54) is 0 Å². The standard InChI is InChI=1S/C8H12N4/c1-2-11-3-4-12-8(11)5-7(6-9)10-12/h3-5H,2,6,9H2,1H3. The van der Waals surface area contributed by atoms with E-state index in [2.05, 4.69) is 16.6 Å². The van der Waals surface area contributed by atoms with Crippen LogP contribution >= 0.6 is 0 Å². The molecule has 0 amide bonds. The number of hydrogen-bond donors (Lipinski definition) is 1. The second-order valence-electron chi connectivity index (χ2n) is 2.73. The van der Waals surface area contributed by atoms with Crippen molar-refractivity contribution >= 4 is 5.65 Å². The maximum atomic E-state index is 5.48. The molecular weight excluding hydrogens is 152 g/mol. The first-order valence-electron chi connectivity index (χ1n) is 4.08. The molecule has 2 aromatic rings. The number of aryl methyl sites for hydroxylation is 1. The van der Waals surface area contributed by atoms with Crippen LogP contribution in [0.1, 0.15) is 12.6 Å². The Bertz CT molecular complexity index is 385. The van der Waals surface area contributed by atoms with Crippen LogP contribution < -0.4 is 5.73 Å². The molecule has 2 rings (SSSR count). The summed E-state index contributed by atoms with van der Waals surface area (Å²) < 4.78 is 3.98. The second-order valence-corrected chi connectivity index (χ2v) is 2.73. The molecule has 4 heteroatoms. The summed E-state index contributed by atoms with van der Waals surface area (Å²) in [6.07, 6.45) is 3.96. The lowest BCUT2D eigenvalue weighted by Gasteiger charge is -1.93. The molecule has 0 aliphatic heterocycles. The fourth-order valence-electron chi connectivity index (χ4n) is 1.34. The maximum absolute atomic E-state index is 5.48. The van der Waals surface area contributed by atoms with Crippen molar-refractivity contribution < 1.29 is 0 Å². The van der Waals surface area contributed by atoms with E-state index in [0.29, 0.717) is 6.54 Å². The van der Waals surface area contributed by atoms with Crippen molar-refractivity contribution in [3.63, 3.8) is 0 Å². The maximum Gasteiger partial charge on any atom is 0.136 e. The van der Waals surface area contributed by atoms with Crippen LogP contribution in [0.15, 0.2) is 18.5 Å². The van der Waals surface area contributed by atoms with Crippen molar-refractivity contribution in [1.29, 1.82) is 0 Å². The average molecular weight is 164 g/mol. The highest BCUT2D eigenvalue weighted by Crippen LogP contribution is 2.06. The van der Waals surface area contributed by atoms with Gasteiger partial charge in [-0.05, 0) is 6.92 Å². The molecule has 0 atom stereocenters. The molecule has 0 aromatic carbocycles. The summed E-state index contributed by atoms with van der Waals surface area (Å²) in [6.45, 7) is 3.58. The van der Waals surface area contributed by atoms with E-state index in [1.54, 1.807) is 0 Å². The van der Waals surface area contributed by atoms with E-state index in [9.17, 15) is 0 Å². The minimum absolute atomic E-state index is 0.505. The molecule has 2 N–H and O–H groups in total. The average Bonchev–Trinajstić information content (AvgIpc) is 2.61. The number of fused-ring (bicyclic) bond motifs is 1. The molecule has 0 unspecified atom stereocenters. The van der Waals surface area contributed by atoms with Crippen molar-refractivity contribution in [2.24, 2.45) is 5.73 Å². The third-order valence-electron chi connectivity index (χ3n) is 2.00. The Hall–Kier alpha value is -1.29. The van der Waals surface area contributed by atoms with Gasteiger partial charge in [-0.25, -0.2) is 4.52 Å². The number of aromatic nitrogens is 3. The van der Waals surface area contributed by atoms with Crippen molar-refractivity contribution in [3.8, 4) is 0 Å². The molecule has 0 fully saturated rings. The zero-order chi connectivity index (χ0) is 8.55. The van der Waals surface area contributed by atoms with Gasteiger partial charge in [0.05, 0.1) is 5.69 Å². The summed E-state index contributed by atoms with van der Waals surface area (Å²) in [4.78, 5) is 0. The number of nitrogens with zero attached hydrogens (tertiary/aromatic N) is 3. The Morgan fingerprint density at radius 1 is 1.50 bits per heavy atom. The highest BCUT2D eigenvalue weighted by Gasteiger charge is 2.02. The molecule has 0 aliphatic carbocycles. The van der Waals surface area contributed by atoms with E-state index in [4.69, 9.17) is 5.73 Å². The van der Waals surface area contributed by atoms with Crippen LogP contribution in [0.4, 0.5) is 0 Å². The second kappa shape index (κ2) is 2.64. The van der Waals surface area contributed by atoms with Crippen molar-refractivity contribution in [3.05, 3.63) is 24.2 Å². The Kier molecular flexibility index (Phi) is 1.62. The Morgan fingerprint density at radius 2 is 2.33 bits per heavy atom. The van der Waals surface area contributed by atoms with Gasteiger partial charge in [-0.15, -0.1) is 0 Å². The normalized spacial score (nSPS) is 11.2. The summed E-state index contributed by atoms with van der Waals surface area (Å²) in [7, 11) is 0. The SMILES string of the molecule is CCn1ccn2nc(CN)cc12. The highest BCUT2D eigenvalue weighted by molar-refractivity contribution is 5.40. The topological polar surface area (TPSA) is 48.2 Å². The summed E-state index contributed by atoms with van der Waals surface area (Å²) in [6, 6.07) is 2.02. The van der Waals surface area contributed by atoms with E-state index in [1.807, 2.05) is 23.0 Å². The van der Waals surface area contributed by atoms with Crippen LogP contribution in [0.5, 0.6) is 0 Å². The van der Waals surface area contributed by atoms with Crippen molar-refractivity contribution in [2.75, 3.05) is 0 Å². The van der Waals surface area contributed by atoms with Gasteiger partial charge < -0.3 is 10.3 Å². The molecule has 0 radical (unpaired) electrons. The zero-order valence-electron chi connectivity index (χ0n) is 7.07. The molecule has 12 heavy (non-hydrogen) atoms. The minimum Gasteiger partial charge on any atom is -0.332 e. The van der Waals surface area contributed by atoms with Crippen LogP contribution in [0.2, 0.25) is 0 Å². The van der Waals surface area contributed by atoms with Gasteiger partial charge in [0.25, 0.3) is 0 Å². The summed E-state index contributed by atoms with van der Waals surface area (Å²) >= 11 is 0. The number of nitrogens with two attached hydrogens (primary N) is 1. The molecule has 0 saturated heterocycles. The molecular formula is C8H12N4. The Balaban J connectivity index is 2.60. The lowest BCUT2D eigenvalue weighted by atomic mass is 10.4. The molecule has 0 saturated carbocycles. The minimum atomic E-state index is 0.505. The first-order chi connectivity index (χ1) is 5.85. The first kappa shape index (κ1) is 7.36. The molecule has 64 valence electrons. The fourth-order valence-corrected chi connectivity index (χ4v) is 1.34. The molecule has 2 heterocycles. The van der Waals surface area contributed by atoms with Gasteiger partial charge in [-0.1, -0.05) is 0 Å². The van der Waals surface area contributed by atoms with Crippen LogP contribution in [-0.2, 0) is 13.1 Å². The van der Waals surface area contributed by atoms with Crippen LogP contribution in [0.25, 0.3) is 5.65 Å². The van der Waals surface area contributed by atoms with Gasteiger partial charge in [0.2, 0.25) is 0 Å². The Labute approximate surface area is 70.6 Å². The monoisotopic (exact) mass is 164 g/mol. The molecule has 0 spiro atoms. The van der Waals surface area contributed by atoms with Gasteiger partial charge in [-0.3, -0.25) is 0 Å². The van der Waals surface area contributed by atoms with Crippen LogP contribution in [0, 0.1) is 0 Å². The Morgan fingerprint density at radius 3 is 3.00 bits per heavy atom. The third kappa shape index (κ3) is 0.921. The van der Waals surface area contributed by atoms with Crippen LogP contribution in [0.3, 0.4) is 0 Å². The number of imidazole rings is 1. The number of hydrogen-bond acceptors (Lipinski definition) is 2. The molecule has 4 nitrogen and oxygen atoms in total. The lowest BCUT2D eigenvalue weighted by Crippen LogP contribution is -1.96. The largest absolute Gasteiger partial charge is 0.332 e. The highest BCUT2D eigenvalue weighted by atomic mass is 15.3. The van der Waals surface area contributed by atoms with E-state index >= 15 is 0 Å². The van der Waals surface area contributed by atoms with E-state index < -0.39 is 0 Å². The van der Waals surface area contributed by atoms with Crippen molar-refractivity contribution in [2.45, 2.75) is 20.0 Å². The smallest absolute Gasteiger partial charge is 0.136 e. The van der Waals surface area contributed by atoms with Gasteiger partial charge in [0, 0.05) is 31.5 Å². The lowest BCUT2D eigenvalue weighted by molar-refractivity contribution is 0.788. The van der Waals surface area contributed by atoms with Gasteiger partial charge in [0.15, 0.2) is 0 Å². The zero-order valence-corrected chi connectivity index (χ0v) is 7.07. The van der Waals surface area contributed by atoms with Crippen molar-refractivity contribution in [1.82, 2.24) is 14.2 Å². The van der Waals surface area contributed by atoms with E-state index in [0.717, 1.165) is 17.9 Å². The third-order valence-corrected chi connectivity index (χ3v) is 2.00. The van der Waals surface area contributed by atoms with E-state index in [-0.39, 0.29) is 0 Å². The predicted octanol–water partition coefficient (Wildman–Crippen LogP) is 0.614. The summed E-state index contributed by atoms with van der Waals surface area (Å²) in [5.41, 5.74) is 7.53. The predicted molar refractivity (Wildman–Crippen MR) is 46.7 cm³/mol. The molecule has 0 aliphatic rings. The fraction of sp³-hybridized carbons (Fsp3) is 0.375. The summed E-state index contributed by atoms with van der Waals surface area (Å²) in [5.74, 6) is 0. The van der Waals surface area contributed by atoms with Gasteiger partial charge >= 0.3 is 0 Å². The van der Waals surface area contributed by atoms with Crippen LogP contribution in [-0.4, -0.2) is 14.2 Å². The van der Waals surface area contributed by atoms with Gasteiger partial charge in [0.1, 0.15) is 5.65 Å². The quantitative estimate of drug-likeness (QED) is 0.707. The van der Waals surface area contributed by atoms with Gasteiger partial charge in [-0.2, -0.15) is 5.10 Å².